The lowest BCUT2D eigenvalue weighted by atomic mass is 10.0. The molecule has 0 aliphatic heterocycles. The average Bonchev–Trinajstić information content (AvgIpc) is 2.22. The van der Waals surface area contributed by atoms with E-state index in [0.29, 0.717) is 0 Å². The molecule has 0 aromatic rings. The summed E-state index contributed by atoms with van der Waals surface area (Å²) in [4.78, 5) is 12.5. The molecule has 0 spiro atoms. The van der Waals surface area contributed by atoms with Gasteiger partial charge in [0.15, 0.2) is 0 Å². The molecule has 0 radical (unpaired) electrons. The first-order valence-corrected chi connectivity index (χ1v) is 3.73. The number of nitrogens with zero attached hydrogens (tertiary/aromatic N) is 3. The predicted molar refractivity (Wildman–Crippen MR) is 44.1 cm³/mol. The van der Waals surface area contributed by atoms with Crippen molar-refractivity contribution in [2.24, 2.45) is 5.11 Å². The number of hydrogen-bond donors (Lipinski definition) is 4. The maximum atomic E-state index is 10.3. The van der Waals surface area contributed by atoms with Crippen LogP contribution < -0.4 is 0 Å². The third-order valence-corrected chi connectivity index (χ3v) is 1.61. The van der Waals surface area contributed by atoms with E-state index in [1.165, 1.54) is 0 Å². The summed E-state index contributed by atoms with van der Waals surface area (Å²) < 4.78 is 0. The first kappa shape index (κ1) is 12.8. The van der Waals surface area contributed by atoms with E-state index in [2.05, 4.69) is 10.0 Å². The van der Waals surface area contributed by atoms with Gasteiger partial charge in [-0.2, -0.15) is 0 Å². The fraction of sp³-hybridized carbons (Fsp3) is 0.833. The second kappa shape index (κ2) is 6.30. The van der Waals surface area contributed by atoms with Crippen molar-refractivity contribution in [3.05, 3.63) is 10.4 Å². The van der Waals surface area contributed by atoms with Crippen LogP contribution in [0.5, 0.6) is 0 Å². The van der Waals surface area contributed by atoms with Crippen LogP contribution in [-0.2, 0) is 4.79 Å². The summed E-state index contributed by atoms with van der Waals surface area (Å²) in [7, 11) is 0. The van der Waals surface area contributed by atoms with Gasteiger partial charge in [0.2, 0.25) is 0 Å². The van der Waals surface area contributed by atoms with Gasteiger partial charge in [0.05, 0.1) is 12.7 Å². The fourth-order valence-corrected chi connectivity index (χ4v) is 0.773. The maximum absolute atomic E-state index is 10.3. The van der Waals surface area contributed by atoms with Crippen LogP contribution in [0, 0.1) is 0 Å². The summed E-state index contributed by atoms with van der Waals surface area (Å²) in [6.07, 6.45) is -4.95. The molecule has 0 aromatic carbocycles. The highest BCUT2D eigenvalue weighted by molar-refractivity contribution is 5.59. The molecule has 0 saturated carbocycles. The molecule has 0 aliphatic rings. The van der Waals surface area contributed by atoms with Gasteiger partial charge in [-0.3, -0.25) is 0 Å². The van der Waals surface area contributed by atoms with Crippen LogP contribution in [0.1, 0.15) is 0 Å². The third kappa shape index (κ3) is 3.29. The molecule has 0 aromatic heterocycles. The zero-order valence-corrected chi connectivity index (χ0v) is 7.13. The Balaban J connectivity index is 4.47. The van der Waals surface area contributed by atoms with Crippen LogP contribution >= 0.6 is 0 Å². The zero-order valence-electron chi connectivity index (χ0n) is 7.13. The summed E-state index contributed by atoms with van der Waals surface area (Å²) in [5, 5.41) is 38.5. The van der Waals surface area contributed by atoms with Gasteiger partial charge in [0.25, 0.3) is 0 Å². The van der Waals surface area contributed by atoms with Crippen LogP contribution in [0.3, 0.4) is 0 Å². The van der Waals surface area contributed by atoms with Crippen molar-refractivity contribution in [2.75, 3.05) is 6.61 Å². The Morgan fingerprint density at radius 3 is 2.29 bits per heavy atom. The Bertz CT molecular complexity index is 230. The van der Waals surface area contributed by atoms with Crippen molar-refractivity contribution >= 4 is 6.29 Å². The molecule has 0 rings (SSSR count). The summed E-state index contributed by atoms with van der Waals surface area (Å²) in [5.41, 5.74) is 7.99. The minimum atomic E-state index is -1.75. The normalized spacial score (nSPS) is 18.9. The van der Waals surface area contributed by atoms with Crippen LogP contribution in [0.4, 0.5) is 0 Å². The summed E-state index contributed by atoms with van der Waals surface area (Å²) in [6.45, 7) is -0.778. The van der Waals surface area contributed by atoms with Crippen molar-refractivity contribution in [2.45, 2.75) is 24.4 Å². The lowest BCUT2D eigenvalue weighted by Gasteiger charge is -2.22. The Kier molecular flexibility index (Phi) is 5.77. The second-order valence-corrected chi connectivity index (χ2v) is 2.56. The first-order valence-electron chi connectivity index (χ1n) is 3.73. The van der Waals surface area contributed by atoms with Gasteiger partial charge in [-0.05, 0) is 5.53 Å². The Morgan fingerprint density at radius 1 is 1.36 bits per heavy atom. The quantitative estimate of drug-likeness (QED) is 0.170. The topological polar surface area (TPSA) is 147 Å². The molecule has 0 saturated heterocycles. The SMILES string of the molecule is [N-]=[N+]=N[C@H](C=O)[C@H](O)[C@@H](O)[C@H](O)CO. The van der Waals surface area contributed by atoms with E-state index in [9.17, 15) is 9.90 Å². The van der Waals surface area contributed by atoms with E-state index in [1.54, 1.807) is 0 Å². The van der Waals surface area contributed by atoms with Gasteiger partial charge < -0.3 is 25.2 Å². The molecule has 14 heavy (non-hydrogen) atoms. The molecular formula is C6H11N3O5. The molecule has 4 atom stereocenters. The van der Waals surface area contributed by atoms with Crippen molar-refractivity contribution in [3.8, 4) is 0 Å². The van der Waals surface area contributed by atoms with Gasteiger partial charge in [-0.25, -0.2) is 0 Å². The molecule has 4 N–H and O–H groups in total. The molecule has 8 heteroatoms. The van der Waals surface area contributed by atoms with E-state index in [-0.39, 0.29) is 6.29 Å². The number of carbonyl (C=O) groups is 1. The average molecular weight is 205 g/mol. The van der Waals surface area contributed by atoms with Gasteiger partial charge in [-0.1, -0.05) is 5.11 Å². The minimum Gasteiger partial charge on any atom is -0.394 e. The smallest absolute Gasteiger partial charge is 0.131 e. The molecule has 0 unspecified atom stereocenters. The minimum absolute atomic E-state index is 0.137. The van der Waals surface area contributed by atoms with Gasteiger partial charge in [0.1, 0.15) is 24.5 Å². The van der Waals surface area contributed by atoms with Crippen molar-refractivity contribution < 1.29 is 25.2 Å². The van der Waals surface area contributed by atoms with E-state index >= 15 is 0 Å². The molecule has 0 fully saturated rings. The van der Waals surface area contributed by atoms with Crippen LogP contribution in [0.25, 0.3) is 10.4 Å². The van der Waals surface area contributed by atoms with Crippen molar-refractivity contribution in [1.29, 1.82) is 0 Å². The van der Waals surface area contributed by atoms with Crippen molar-refractivity contribution in [1.82, 2.24) is 0 Å². The van der Waals surface area contributed by atoms with Gasteiger partial charge in [-0.15, -0.1) is 0 Å². The van der Waals surface area contributed by atoms with Crippen LogP contribution in [-0.4, -0.2) is 57.7 Å². The van der Waals surface area contributed by atoms with Crippen molar-refractivity contribution in [3.63, 3.8) is 0 Å². The van der Waals surface area contributed by atoms with Crippen LogP contribution in [0.15, 0.2) is 5.11 Å². The number of rotatable bonds is 6. The summed E-state index contributed by atoms with van der Waals surface area (Å²) >= 11 is 0. The predicted octanol–water partition coefficient (Wildman–Crippen LogP) is -2.06. The molecule has 0 bridgehead atoms. The second-order valence-electron chi connectivity index (χ2n) is 2.56. The Labute approximate surface area is 79.0 Å². The summed E-state index contributed by atoms with van der Waals surface area (Å²) in [5.74, 6) is 0. The first-order chi connectivity index (χ1) is 6.58. The number of aliphatic hydroxyl groups is 4. The van der Waals surface area contributed by atoms with Gasteiger partial charge in [0, 0.05) is 4.91 Å². The highest BCUT2D eigenvalue weighted by Crippen LogP contribution is 2.06. The molecule has 8 nitrogen and oxygen atoms in total. The number of hydrogen-bond acceptors (Lipinski definition) is 6. The van der Waals surface area contributed by atoms with Crippen LogP contribution in [0.2, 0.25) is 0 Å². The highest BCUT2D eigenvalue weighted by atomic mass is 16.4. The molecule has 80 valence electrons. The Morgan fingerprint density at radius 2 is 1.93 bits per heavy atom. The number of carbonyl (C=O) groups excluding carboxylic acids is 1. The highest BCUT2D eigenvalue weighted by Gasteiger charge is 2.30. The van der Waals surface area contributed by atoms with E-state index < -0.39 is 31.0 Å². The standard InChI is InChI=1S/C6H11N3O5/c7-9-8-3(1-10)5(13)6(14)4(12)2-11/h1,3-6,11-14H,2H2/t3-,4-,5+,6+/m1/s1. The maximum Gasteiger partial charge on any atom is 0.131 e. The fourth-order valence-electron chi connectivity index (χ4n) is 0.773. The van der Waals surface area contributed by atoms with E-state index in [1.807, 2.05) is 0 Å². The summed E-state index contributed by atoms with van der Waals surface area (Å²) in [6, 6.07) is -1.49. The number of aldehydes is 1. The van der Waals surface area contributed by atoms with E-state index in [0.717, 1.165) is 0 Å². The molecular weight excluding hydrogens is 194 g/mol. The largest absolute Gasteiger partial charge is 0.394 e. The molecule has 0 aliphatic carbocycles. The Hall–Kier alpha value is -1.18. The van der Waals surface area contributed by atoms with E-state index in [4.69, 9.17) is 20.9 Å². The lowest BCUT2D eigenvalue weighted by molar-refractivity contribution is -0.118. The monoisotopic (exact) mass is 205 g/mol. The number of aliphatic hydroxyl groups excluding tert-OH is 4. The molecule has 0 heterocycles. The third-order valence-electron chi connectivity index (χ3n) is 1.61. The molecule has 0 amide bonds. The van der Waals surface area contributed by atoms with Gasteiger partial charge >= 0.3 is 0 Å². The lowest BCUT2D eigenvalue weighted by Crippen LogP contribution is -2.45. The number of azide groups is 1. The zero-order chi connectivity index (χ0) is 11.1.